The van der Waals surface area contributed by atoms with Crippen LogP contribution in [0.3, 0.4) is 0 Å². The second-order valence-electron chi connectivity index (χ2n) is 5.06. The first-order valence-corrected chi connectivity index (χ1v) is 6.99. The molecule has 0 radical (unpaired) electrons. The van der Waals surface area contributed by atoms with Crippen molar-refractivity contribution in [3.63, 3.8) is 0 Å². The second kappa shape index (κ2) is 9.11. The van der Waals surface area contributed by atoms with Crippen molar-refractivity contribution in [2.24, 2.45) is 0 Å². The Labute approximate surface area is 132 Å². The Kier molecular flexibility index (Phi) is 7.82. The SMILES string of the molecule is CC(=O)OCC(COC1OC(CO)C(O)C(O)C1O)OC(C)=O. The Morgan fingerprint density at radius 2 is 1.70 bits per heavy atom. The molecule has 4 N–H and O–H groups in total. The van der Waals surface area contributed by atoms with Gasteiger partial charge in [-0.15, -0.1) is 0 Å². The third-order valence-corrected chi connectivity index (χ3v) is 3.10. The van der Waals surface area contributed by atoms with E-state index in [4.69, 9.17) is 24.1 Å². The summed E-state index contributed by atoms with van der Waals surface area (Å²) in [5, 5.41) is 38.1. The predicted molar refractivity (Wildman–Crippen MR) is 71.9 cm³/mol. The molecule has 1 aliphatic rings. The van der Waals surface area contributed by atoms with Crippen LogP contribution in [0, 0.1) is 0 Å². The van der Waals surface area contributed by atoms with Crippen LogP contribution in [0.25, 0.3) is 0 Å². The topological polar surface area (TPSA) is 152 Å². The van der Waals surface area contributed by atoms with Crippen LogP contribution in [-0.2, 0) is 28.5 Å². The van der Waals surface area contributed by atoms with Gasteiger partial charge in [0.25, 0.3) is 0 Å². The minimum Gasteiger partial charge on any atom is -0.462 e. The molecule has 1 heterocycles. The lowest BCUT2D eigenvalue weighted by Crippen LogP contribution is -2.59. The van der Waals surface area contributed by atoms with Gasteiger partial charge in [-0.2, -0.15) is 0 Å². The number of rotatable bonds is 7. The second-order valence-corrected chi connectivity index (χ2v) is 5.06. The molecule has 0 amide bonds. The van der Waals surface area contributed by atoms with Gasteiger partial charge < -0.3 is 39.4 Å². The van der Waals surface area contributed by atoms with Crippen LogP contribution in [0.15, 0.2) is 0 Å². The van der Waals surface area contributed by atoms with Gasteiger partial charge in [-0.25, -0.2) is 0 Å². The fourth-order valence-corrected chi connectivity index (χ4v) is 1.97. The monoisotopic (exact) mass is 338 g/mol. The number of esters is 2. The summed E-state index contributed by atoms with van der Waals surface area (Å²) in [5.41, 5.74) is 0. The van der Waals surface area contributed by atoms with Gasteiger partial charge in [0, 0.05) is 13.8 Å². The first kappa shape index (κ1) is 19.7. The molecular formula is C13H22O10. The van der Waals surface area contributed by atoms with Crippen molar-refractivity contribution < 1.29 is 49.0 Å². The summed E-state index contributed by atoms with van der Waals surface area (Å²) in [5.74, 6) is -1.20. The Morgan fingerprint density at radius 1 is 1.04 bits per heavy atom. The van der Waals surface area contributed by atoms with Gasteiger partial charge in [-0.3, -0.25) is 9.59 Å². The van der Waals surface area contributed by atoms with E-state index in [0.29, 0.717) is 0 Å². The number of aliphatic hydroxyl groups is 4. The summed E-state index contributed by atoms with van der Waals surface area (Å²) in [7, 11) is 0. The molecule has 1 rings (SSSR count). The number of carbonyl (C=O) groups excluding carboxylic acids is 2. The van der Waals surface area contributed by atoms with Crippen LogP contribution in [-0.4, -0.2) is 89.0 Å². The smallest absolute Gasteiger partial charge is 0.303 e. The van der Waals surface area contributed by atoms with E-state index in [1.165, 1.54) is 6.92 Å². The number of carbonyl (C=O) groups is 2. The van der Waals surface area contributed by atoms with Gasteiger partial charge in [0.1, 0.15) is 31.0 Å². The average Bonchev–Trinajstić information content (AvgIpc) is 2.48. The summed E-state index contributed by atoms with van der Waals surface area (Å²) in [6, 6.07) is 0. The number of hydrogen-bond donors (Lipinski definition) is 4. The fourth-order valence-electron chi connectivity index (χ4n) is 1.97. The maximum absolute atomic E-state index is 11.0. The third-order valence-electron chi connectivity index (χ3n) is 3.10. The number of ether oxygens (including phenoxy) is 4. The van der Waals surface area contributed by atoms with Gasteiger partial charge in [0.05, 0.1) is 13.2 Å². The number of aliphatic hydroxyl groups excluding tert-OH is 4. The molecule has 1 saturated heterocycles. The zero-order chi connectivity index (χ0) is 17.6. The average molecular weight is 338 g/mol. The molecule has 134 valence electrons. The fraction of sp³-hybridized carbons (Fsp3) is 0.846. The zero-order valence-electron chi connectivity index (χ0n) is 12.8. The lowest BCUT2D eigenvalue weighted by molar-refractivity contribution is -0.305. The molecule has 0 spiro atoms. The molecular weight excluding hydrogens is 316 g/mol. The first-order chi connectivity index (χ1) is 10.8. The van der Waals surface area contributed by atoms with Crippen LogP contribution in [0.1, 0.15) is 13.8 Å². The standard InChI is InChI=1S/C13H22O10/c1-6(15)20-4-8(22-7(2)16)5-21-13-12(19)11(18)10(17)9(3-14)23-13/h8-14,17-19H,3-5H2,1-2H3. The van der Waals surface area contributed by atoms with E-state index in [0.717, 1.165) is 6.92 Å². The normalized spacial score (nSPS) is 32.2. The van der Waals surface area contributed by atoms with Crippen LogP contribution < -0.4 is 0 Å². The molecule has 1 aliphatic heterocycles. The predicted octanol–water partition coefficient (Wildman–Crippen LogP) is -2.70. The molecule has 0 aliphatic carbocycles. The molecule has 10 nitrogen and oxygen atoms in total. The quantitative estimate of drug-likeness (QED) is 0.361. The van der Waals surface area contributed by atoms with Crippen molar-refractivity contribution in [3.05, 3.63) is 0 Å². The lowest BCUT2D eigenvalue weighted by Gasteiger charge is -2.39. The van der Waals surface area contributed by atoms with Gasteiger partial charge in [-0.1, -0.05) is 0 Å². The molecule has 0 aromatic rings. The van der Waals surface area contributed by atoms with Crippen LogP contribution in [0.2, 0.25) is 0 Å². The van der Waals surface area contributed by atoms with Crippen molar-refractivity contribution in [2.45, 2.75) is 50.7 Å². The van der Waals surface area contributed by atoms with Gasteiger partial charge in [-0.05, 0) is 0 Å². The summed E-state index contributed by atoms with van der Waals surface area (Å²) < 4.78 is 20.0. The maximum atomic E-state index is 11.0. The molecule has 10 heteroatoms. The molecule has 0 bridgehead atoms. The van der Waals surface area contributed by atoms with E-state index < -0.39 is 55.4 Å². The first-order valence-electron chi connectivity index (χ1n) is 6.99. The molecule has 6 unspecified atom stereocenters. The lowest BCUT2D eigenvalue weighted by atomic mass is 9.99. The molecule has 0 saturated carbocycles. The van der Waals surface area contributed by atoms with Crippen molar-refractivity contribution in [3.8, 4) is 0 Å². The van der Waals surface area contributed by atoms with E-state index in [2.05, 4.69) is 0 Å². The summed E-state index contributed by atoms with van der Waals surface area (Å²) in [4.78, 5) is 21.8. The van der Waals surface area contributed by atoms with E-state index in [9.17, 15) is 24.9 Å². The molecule has 0 aromatic heterocycles. The summed E-state index contributed by atoms with van der Waals surface area (Å²) in [6.07, 6.45) is -8.06. The summed E-state index contributed by atoms with van der Waals surface area (Å²) in [6.45, 7) is 1.20. The Morgan fingerprint density at radius 3 is 2.22 bits per heavy atom. The van der Waals surface area contributed by atoms with Crippen molar-refractivity contribution in [1.82, 2.24) is 0 Å². The van der Waals surface area contributed by atoms with Gasteiger partial charge in [0.2, 0.25) is 0 Å². The highest BCUT2D eigenvalue weighted by atomic mass is 16.7. The summed E-state index contributed by atoms with van der Waals surface area (Å²) >= 11 is 0. The van der Waals surface area contributed by atoms with Gasteiger partial charge >= 0.3 is 11.9 Å². The Balaban J connectivity index is 2.60. The highest BCUT2D eigenvalue weighted by Gasteiger charge is 2.44. The highest BCUT2D eigenvalue weighted by molar-refractivity contribution is 5.67. The molecule has 1 fully saturated rings. The Hall–Kier alpha value is -1.30. The van der Waals surface area contributed by atoms with E-state index in [1.807, 2.05) is 0 Å². The van der Waals surface area contributed by atoms with Crippen LogP contribution >= 0.6 is 0 Å². The van der Waals surface area contributed by atoms with Gasteiger partial charge in [0.15, 0.2) is 12.4 Å². The van der Waals surface area contributed by atoms with Crippen molar-refractivity contribution in [1.29, 1.82) is 0 Å². The Bertz CT molecular complexity index is 398. The van der Waals surface area contributed by atoms with Crippen molar-refractivity contribution in [2.75, 3.05) is 19.8 Å². The largest absolute Gasteiger partial charge is 0.462 e. The van der Waals surface area contributed by atoms with E-state index >= 15 is 0 Å². The number of hydrogen-bond acceptors (Lipinski definition) is 10. The molecule has 23 heavy (non-hydrogen) atoms. The van der Waals surface area contributed by atoms with E-state index in [-0.39, 0.29) is 13.2 Å². The maximum Gasteiger partial charge on any atom is 0.303 e. The zero-order valence-corrected chi connectivity index (χ0v) is 12.8. The van der Waals surface area contributed by atoms with Crippen LogP contribution in [0.4, 0.5) is 0 Å². The molecule has 6 atom stereocenters. The third kappa shape index (κ3) is 6.01. The van der Waals surface area contributed by atoms with Crippen molar-refractivity contribution >= 4 is 11.9 Å². The molecule has 0 aromatic carbocycles. The van der Waals surface area contributed by atoms with E-state index in [1.54, 1.807) is 0 Å². The minimum atomic E-state index is -1.58. The van der Waals surface area contributed by atoms with Crippen LogP contribution in [0.5, 0.6) is 0 Å². The minimum absolute atomic E-state index is 0.258. The highest BCUT2D eigenvalue weighted by Crippen LogP contribution is 2.22.